The second kappa shape index (κ2) is 9.76. The van der Waals surface area contributed by atoms with Crippen LogP contribution in [0.4, 0.5) is 10.1 Å². The van der Waals surface area contributed by atoms with Gasteiger partial charge in [-0.1, -0.05) is 38.3 Å². The lowest BCUT2D eigenvalue weighted by Gasteiger charge is -2.52. The van der Waals surface area contributed by atoms with E-state index in [1.165, 1.54) is 44.6 Å². The Labute approximate surface area is 184 Å². The second-order valence-corrected chi connectivity index (χ2v) is 10.3. The third-order valence-electron chi connectivity index (χ3n) is 7.61. The molecule has 4 nitrogen and oxygen atoms in total. The quantitative estimate of drug-likeness (QED) is 0.539. The van der Waals surface area contributed by atoms with E-state index in [0.29, 0.717) is 29.1 Å². The smallest absolute Gasteiger partial charge is 0.290 e. The highest BCUT2D eigenvalue weighted by molar-refractivity contribution is 6.32. The van der Waals surface area contributed by atoms with Crippen molar-refractivity contribution in [1.82, 2.24) is 0 Å². The molecule has 0 saturated heterocycles. The monoisotopic (exact) mass is 439 g/mol. The van der Waals surface area contributed by atoms with Gasteiger partial charge in [-0.3, -0.25) is 4.79 Å². The molecule has 2 unspecified atom stereocenters. The van der Waals surface area contributed by atoms with E-state index >= 15 is 0 Å². The number of rotatable bonds is 5. The first-order valence-corrected chi connectivity index (χ1v) is 11.6. The standard InChI is InChI=1S/C23H33ClFNO.CH2O2/c1-15-12-23(2,13-16-8-9-18(15)16)14-27-22-11-20(25)21(10-19(22)24)26(3)17-6-4-5-7-17;2-1-3/h10-11,15-18H,4-9,12-14H2,1-3H3;1H,(H,2,3)/t15-,16-,18?,23?;/m0./s1. The van der Waals surface area contributed by atoms with Gasteiger partial charge in [0.15, 0.2) is 0 Å². The summed E-state index contributed by atoms with van der Waals surface area (Å²) in [6.07, 6.45) is 9.89. The fourth-order valence-electron chi connectivity index (χ4n) is 6.00. The van der Waals surface area contributed by atoms with Crippen LogP contribution in [0.1, 0.15) is 65.2 Å². The van der Waals surface area contributed by atoms with Gasteiger partial charge in [0, 0.05) is 24.6 Å². The maximum Gasteiger partial charge on any atom is 0.290 e. The normalized spacial score (nSPS) is 30.5. The third kappa shape index (κ3) is 5.04. The predicted octanol–water partition coefficient (Wildman–Crippen LogP) is 6.40. The summed E-state index contributed by atoms with van der Waals surface area (Å²) in [6.45, 7) is 5.08. The Bertz CT molecular complexity index is 729. The highest BCUT2D eigenvalue weighted by Gasteiger charge is 2.46. The summed E-state index contributed by atoms with van der Waals surface area (Å²) in [5.41, 5.74) is 0.759. The van der Waals surface area contributed by atoms with E-state index in [4.69, 9.17) is 26.2 Å². The molecule has 1 aromatic carbocycles. The maximum absolute atomic E-state index is 14.8. The zero-order valence-electron chi connectivity index (χ0n) is 18.4. The Hall–Kier alpha value is -1.49. The SMILES string of the molecule is C[C@H]1CC(C)(COc2cc(F)c(N(C)C3CCCC3)cc2Cl)C[C@@H]2CCC21.O=CO. The molecule has 0 aromatic heterocycles. The van der Waals surface area contributed by atoms with Crippen molar-refractivity contribution < 1.29 is 19.0 Å². The van der Waals surface area contributed by atoms with Crippen LogP contribution in [0.15, 0.2) is 12.1 Å². The van der Waals surface area contributed by atoms with Gasteiger partial charge in [-0.15, -0.1) is 0 Å². The van der Waals surface area contributed by atoms with Crippen molar-refractivity contribution in [2.24, 2.45) is 23.2 Å². The van der Waals surface area contributed by atoms with E-state index < -0.39 is 0 Å². The molecule has 30 heavy (non-hydrogen) atoms. The largest absolute Gasteiger partial charge is 0.491 e. The molecule has 0 amide bonds. The number of carboxylic acid groups (broad SMARTS) is 1. The van der Waals surface area contributed by atoms with Gasteiger partial charge in [-0.05, 0) is 62.3 Å². The van der Waals surface area contributed by atoms with Crippen molar-refractivity contribution in [3.8, 4) is 5.75 Å². The van der Waals surface area contributed by atoms with Crippen molar-refractivity contribution in [3.05, 3.63) is 23.0 Å². The van der Waals surface area contributed by atoms with E-state index in [-0.39, 0.29) is 17.7 Å². The van der Waals surface area contributed by atoms with Crippen molar-refractivity contribution in [3.63, 3.8) is 0 Å². The second-order valence-electron chi connectivity index (χ2n) is 9.87. The lowest BCUT2D eigenvalue weighted by Crippen LogP contribution is -2.45. The molecule has 3 saturated carbocycles. The summed E-state index contributed by atoms with van der Waals surface area (Å²) in [6, 6.07) is 3.66. The summed E-state index contributed by atoms with van der Waals surface area (Å²) < 4.78 is 20.9. The average Bonchev–Trinajstić information content (AvgIpc) is 3.20. The minimum Gasteiger partial charge on any atom is -0.491 e. The van der Waals surface area contributed by atoms with Gasteiger partial charge in [0.05, 0.1) is 17.3 Å². The van der Waals surface area contributed by atoms with Gasteiger partial charge in [0.2, 0.25) is 0 Å². The molecular formula is C24H35ClFNO3. The lowest BCUT2D eigenvalue weighted by atomic mass is 9.54. The highest BCUT2D eigenvalue weighted by Crippen LogP contribution is 2.54. The van der Waals surface area contributed by atoms with Crippen molar-refractivity contribution in [2.45, 2.75) is 71.3 Å². The summed E-state index contributed by atoms with van der Waals surface area (Å²) in [7, 11) is 1.98. The van der Waals surface area contributed by atoms with Gasteiger partial charge >= 0.3 is 0 Å². The minimum absolute atomic E-state index is 0.167. The van der Waals surface area contributed by atoms with Gasteiger partial charge in [0.25, 0.3) is 6.47 Å². The van der Waals surface area contributed by atoms with Gasteiger partial charge < -0.3 is 14.7 Å². The number of ether oxygens (including phenoxy) is 1. The highest BCUT2D eigenvalue weighted by atomic mass is 35.5. The molecule has 4 atom stereocenters. The van der Waals surface area contributed by atoms with Crippen LogP contribution in [0.25, 0.3) is 0 Å². The molecule has 168 valence electrons. The molecule has 6 heteroatoms. The van der Waals surface area contributed by atoms with Gasteiger partial charge in [-0.2, -0.15) is 0 Å². The molecule has 0 heterocycles. The number of carbonyl (C=O) groups is 1. The Morgan fingerprint density at radius 2 is 1.93 bits per heavy atom. The van der Waals surface area contributed by atoms with Crippen LogP contribution >= 0.6 is 11.6 Å². The van der Waals surface area contributed by atoms with Gasteiger partial charge in [-0.25, -0.2) is 4.39 Å². The first-order chi connectivity index (χ1) is 14.3. The van der Waals surface area contributed by atoms with E-state index in [9.17, 15) is 4.39 Å². The number of hydrogen-bond acceptors (Lipinski definition) is 3. The first-order valence-electron chi connectivity index (χ1n) is 11.2. The van der Waals surface area contributed by atoms with Crippen LogP contribution in [0.5, 0.6) is 5.75 Å². The van der Waals surface area contributed by atoms with Gasteiger partial charge in [0.1, 0.15) is 11.6 Å². The number of benzene rings is 1. The Kier molecular flexibility index (Phi) is 7.54. The zero-order chi connectivity index (χ0) is 21.9. The topological polar surface area (TPSA) is 49.8 Å². The average molecular weight is 440 g/mol. The number of hydrogen-bond donors (Lipinski definition) is 1. The van der Waals surface area contributed by atoms with Crippen LogP contribution in [0.3, 0.4) is 0 Å². The predicted molar refractivity (Wildman–Crippen MR) is 119 cm³/mol. The third-order valence-corrected chi connectivity index (χ3v) is 7.90. The summed E-state index contributed by atoms with van der Waals surface area (Å²) in [5, 5.41) is 7.41. The maximum atomic E-state index is 14.8. The molecule has 0 spiro atoms. The Balaban J connectivity index is 0.000000806. The summed E-state index contributed by atoms with van der Waals surface area (Å²) in [5.74, 6) is 2.80. The van der Waals surface area contributed by atoms with Crippen LogP contribution in [-0.4, -0.2) is 31.3 Å². The molecule has 3 aliphatic rings. The summed E-state index contributed by atoms with van der Waals surface area (Å²) in [4.78, 5) is 10.4. The summed E-state index contributed by atoms with van der Waals surface area (Å²) >= 11 is 6.49. The molecular weight excluding hydrogens is 405 g/mol. The molecule has 4 rings (SSSR count). The van der Waals surface area contributed by atoms with E-state index in [1.54, 1.807) is 6.07 Å². The number of anilines is 1. The molecule has 0 bridgehead atoms. The fourth-order valence-corrected chi connectivity index (χ4v) is 6.21. The van der Waals surface area contributed by atoms with Crippen molar-refractivity contribution in [1.29, 1.82) is 0 Å². The van der Waals surface area contributed by atoms with Crippen LogP contribution in [0, 0.1) is 29.0 Å². The van der Waals surface area contributed by atoms with Crippen molar-refractivity contribution >= 4 is 23.8 Å². The number of halogens is 2. The fraction of sp³-hybridized carbons (Fsp3) is 0.708. The van der Waals surface area contributed by atoms with Crippen LogP contribution < -0.4 is 9.64 Å². The molecule has 0 aliphatic heterocycles. The number of fused-ring (bicyclic) bond motifs is 1. The van der Waals surface area contributed by atoms with E-state index in [1.807, 2.05) is 7.05 Å². The minimum atomic E-state index is -0.250. The van der Waals surface area contributed by atoms with Crippen LogP contribution in [0.2, 0.25) is 5.02 Å². The lowest BCUT2D eigenvalue weighted by molar-refractivity contribution is -0.122. The zero-order valence-corrected chi connectivity index (χ0v) is 19.1. The molecule has 1 aromatic rings. The molecule has 3 fully saturated rings. The van der Waals surface area contributed by atoms with E-state index in [0.717, 1.165) is 30.6 Å². The molecule has 0 radical (unpaired) electrons. The Morgan fingerprint density at radius 3 is 2.50 bits per heavy atom. The molecule has 1 N–H and O–H groups in total. The number of nitrogens with zero attached hydrogens (tertiary/aromatic N) is 1. The Morgan fingerprint density at radius 1 is 1.27 bits per heavy atom. The van der Waals surface area contributed by atoms with Crippen LogP contribution in [-0.2, 0) is 4.79 Å². The van der Waals surface area contributed by atoms with E-state index in [2.05, 4.69) is 18.7 Å². The van der Waals surface area contributed by atoms with Crippen molar-refractivity contribution in [2.75, 3.05) is 18.6 Å². The first kappa shape index (κ1) is 23.2. The molecule has 3 aliphatic carbocycles.